The molecule has 7 nitrogen and oxygen atoms in total. The SMILES string of the molecule is COCC(N)C(=O)NCc1cccc(C(=O)NCCN(C)C)c1.Cl.Cl. The number of carbonyl (C=O) groups excluding carboxylic acids is 2. The third-order valence-electron chi connectivity index (χ3n) is 3.18. The van der Waals surface area contributed by atoms with E-state index in [9.17, 15) is 9.59 Å². The van der Waals surface area contributed by atoms with E-state index in [1.807, 2.05) is 25.1 Å². The first kappa shape index (κ1) is 25.9. The Morgan fingerprint density at radius 2 is 1.92 bits per heavy atom. The summed E-state index contributed by atoms with van der Waals surface area (Å²) in [5.74, 6) is -0.413. The fourth-order valence-electron chi connectivity index (χ4n) is 1.89. The van der Waals surface area contributed by atoms with Crippen LogP contribution in [0.4, 0.5) is 0 Å². The number of likely N-dealkylation sites (N-methyl/N-ethyl adjacent to an activating group) is 1. The molecule has 0 fully saturated rings. The summed E-state index contributed by atoms with van der Waals surface area (Å²) in [6.45, 7) is 1.84. The molecular formula is C16H28Cl2N4O3. The van der Waals surface area contributed by atoms with Crippen LogP contribution in [0.1, 0.15) is 15.9 Å². The summed E-state index contributed by atoms with van der Waals surface area (Å²) in [6, 6.07) is 6.44. The topological polar surface area (TPSA) is 96.7 Å². The van der Waals surface area contributed by atoms with Crippen LogP contribution in [-0.4, -0.2) is 63.7 Å². The van der Waals surface area contributed by atoms with E-state index in [4.69, 9.17) is 10.5 Å². The van der Waals surface area contributed by atoms with Crippen molar-refractivity contribution in [3.8, 4) is 0 Å². The van der Waals surface area contributed by atoms with Gasteiger partial charge >= 0.3 is 0 Å². The van der Waals surface area contributed by atoms with Crippen LogP contribution in [-0.2, 0) is 16.1 Å². The Morgan fingerprint density at radius 3 is 2.52 bits per heavy atom. The molecular weight excluding hydrogens is 367 g/mol. The predicted molar refractivity (Wildman–Crippen MR) is 104 cm³/mol. The smallest absolute Gasteiger partial charge is 0.251 e. The Morgan fingerprint density at radius 1 is 1.24 bits per heavy atom. The van der Waals surface area contributed by atoms with Crippen molar-refractivity contribution in [2.75, 3.05) is 40.9 Å². The summed E-state index contributed by atoms with van der Waals surface area (Å²) < 4.78 is 4.84. The van der Waals surface area contributed by atoms with E-state index in [1.165, 1.54) is 7.11 Å². The second-order valence-corrected chi connectivity index (χ2v) is 5.54. The van der Waals surface area contributed by atoms with E-state index in [0.717, 1.165) is 12.1 Å². The normalized spacial score (nSPS) is 11.1. The van der Waals surface area contributed by atoms with Gasteiger partial charge in [0.2, 0.25) is 5.91 Å². The Hall–Kier alpha value is -1.38. The molecule has 0 spiro atoms. The Labute approximate surface area is 161 Å². The third-order valence-corrected chi connectivity index (χ3v) is 3.18. The number of halogens is 2. The van der Waals surface area contributed by atoms with Gasteiger partial charge in [0.05, 0.1) is 6.61 Å². The lowest BCUT2D eigenvalue weighted by molar-refractivity contribution is -0.123. The Balaban J connectivity index is 0. The van der Waals surface area contributed by atoms with Crippen molar-refractivity contribution < 1.29 is 14.3 Å². The zero-order valence-electron chi connectivity index (χ0n) is 14.8. The lowest BCUT2D eigenvalue weighted by Crippen LogP contribution is -2.43. The molecule has 2 amide bonds. The molecule has 0 aliphatic rings. The molecule has 0 aromatic heterocycles. The maximum Gasteiger partial charge on any atom is 0.251 e. The van der Waals surface area contributed by atoms with Crippen molar-refractivity contribution in [2.24, 2.45) is 5.73 Å². The zero-order valence-corrected chi connectivity index (χ0v) is 16.4. The molecule has 0 saturated heterocycles. The van der Waals surface area contributed by atoms with Gasteiger partial charge in [-0.2, -0.15) is 0 Å². The van der Waals surface area contributed by atoms with Crippen LogP contribution < -0.4 is 16.4 Å². The van der Waals surface area contributed by atoms with E-state index in [-0.39, 0.29) is 43.2 Å². The number of nitrogens with two attached hydrogens (primary N) is 1. The first-order valence-corrected chi connectivity index (χ1v) is 7.48. The lowest BCUT2D eigenvalue weighted by atomic mass is 10.1. The highest BCUT2D eigenvalue weighted by atomic mass is 35.5. The van der Waals surface area contributed by atoms with E-state index in [2.05, 4.69) is 10.6 Å². The average molecular weight is 395 g/mol. The summed E-state index contributed by atoms with van der Waals surface area (Å²) in [6.07, 6.45) is 0. The molecule has 0 bridgehead atoms. The number of nitrogens with one attached hydrogen (secondary N) is 2. The molecule has 9 heteroatoms. The number of hydrogen-bond acceptors (Lipinski definition) is 5. The fraction of sp³-hybridized carbons (Fsp3) is 0.500. The van der Waals surface area contributed by atoms with E-state index in [1.54, 1.807) is 18.2 Å². The third kappa shape index (κ3) is 10.3. The van der Waals surface area contributed by atoms with Crippen molar-refractivity contribution in [1.29, 1.82) is 0 Å². The van der Waals surface area contributed by atoms with E-state index >= 15 is 0 Å². The van der Waals surface area contributed by atoms with Crippen molar-refractivity contribution >= 4 is 36.6 Å². The number of benzene rings is 1. The Kier molecular flexibility index (Phi) is 14.3. The van der Waals surface area contributed by atoms with Gasteiger partial charge in [-0.15, -0.1) is 24.8 Å². The first-order chi connectivity index (χ1) is 10.9. The van der Waals surface area contributed by atoms with Crippen molar-refractivity contribution in [3.05, 3.63) is 35.4 Å². The van der Waals surface area contributed by atoms with Gasteiger partial charge in [-0.1, -0.05) is 12.1 Å². The van der Waals surface area contributed by atoms with Gasteiger partial charge in [-0.05, 0) is 31.8 Å². The number of nitrogens with zero attached hydrogens (tertiary/aromatic N) is 1. The number of rotatable bonds is 9. The van der Waals surface area contributed by atoms with Gasteiger partial charge in [0, 0.05) is 32.3 Å². The second-order valence-electron chi connectivity index (χ2n) is 5.54. The molecule has 144 valence electrons. The number of amides is 2. The molecule has 25 heavy (non-hydrogen) atoms. The van der Waals surface area contributed by atoms with E-state index < -0.39 is 6.04 Å². The standard InChI is InChI=1S/C16H26N4O3.2ClH/c1-20(2)8-7-18-15(21)13-6-4-5-12(9-13)10-19-16(22)14(17)11-23-3;;/h4-6,9,14H,7-8,10-11,17H2,1-3H3,(H,18,21)(H,19,22);2*1H. The monoisotopic (exact) mass is 394 g/mol. The maximum atomic E-state index is 12.1. The average Bonchev–Trinajstić information content (AvgIpc) is 2.52. The second kappa shape index (κ2) is 13.9. The van der Waals surface area contributed by atoms with Crippen molar-refractivity contribution in [1.82, 2.24) is 15.5 Å². The summed E-state index contributed by atoms with van der Waals surface area (Å²) in [4.78, 5) is 25.8. The van der Waals surface area contributed by atoms with Crippen LogP contribution in [0, 0.1) is 0 Å². The number of ether oxygens (including phenoxy) is 1. The maximum absolute atomic E-state index is 12.1. The molecule has 4 N–H and O–H groups in total. The molecule has 1 atom stereocenters. The van der Waals surface area contributed by atoms with Crippen LogP contribution in [0.25, 0.3) is 0 Å². The number of hydrogen-bond donors (Lipinski definition) is 3. The van der Waals surface area contributed by atoms with E-state index in [0.29, 0.717) is 18.7 Å². The molecule has 0 saturated carbocycles. The molecule has 0 radical (unpaired) electrons. The molecule has 0 aliphatic heterocycles. The summed E-state index contributed by atoms with van der Waals surface area (Å²) in [7, 11) is 5.39. The van der Waals surface area contributed by atoms with Crippen LogP contribution >= 0.6 is 24.8 Å². The van der Waals surface area contributed by atoms with Gasteiger partial charge < -0.3 is 26.0 Å². The largest absolute Gasteiger partial charge is 0.383 e. The Bertz CT molecular complexity index is 530. The van der Waals surface area contributed by atoms with Gasteiger partial charge in [0.1, 0.15) is 6.04 Å². The summed E-state index contributed by atoms with van der Waals surface area (Å²) in [5, 5.41) is 5.58. The highest BCUT2D eigenvalue weighted by Crippen LogP contribution is 2.05. The van der Waals surface area contributed by atoms with Crippen molar-refractivity contribution in [3.63, 3.8) is 0 Å². The molecule has 1 aromatic carbocycles. The summed E-state index contributed by atoms with van der Waals surface area (Å²) >= 11 is 0. The first-order valence-electron chi connectivity index (χ1n) is 7.48. The highest BCUT2D eigenvalue weighted by Gasteiger charge is 2.12. The zero-order chi connectivity index (χ0) is 17.2. The quantitative estimate of drug-likeness (QED) is 0.563. The van der Waals surface area contributed by atoms with Crippen molar-refractivity contribution in [2.45, 2.75) is 12.6 Å². The van der Waals surface area contributed by atoms with Crippen LogP contribution in [0.15, 0.2) is 24.3 Å². The fourth-order valence-corrected chi connectivity index (χ4v) is 1.89. The van der Waals surface area contributed by atoms with Crippen LogP contribution in [0.2, 0.25) is 0 Å². The molecule has 1 unspecified atom stereocenters. The van der Waals surface area contributed by atoms with Gasteiger partial charge in [-0.25, -0.2) is 0 Å². The number of carbonyl (C=O) groups is 2. The summed E-state index contributed by atoms with van der Waals surface area (Å²) in [5.41, 5.74) is 7.05. The molecule has 0 heterocycles. The molecule has 1 rings (SSSR count). The molecule has 1 aromatic rings. The van der Waals surface area contributed by atoms with Gasteiger partial charge in [0.25, 0.3) is 5.91 Å². The van der Waals surface area contributed by atoms with Crippen LogP contribution in [0.5, 0.6) is 0 Å². The minimum atomic E-state index is -0.697. The van der Waals surface area contributed by atoms with Gasteiger partial charge in [0.15, 0.2) is 0 Å². The minimum absolute atomic E-state index is 0. The lowest BCUT2D eigenvalue weighted by Gasteiger charge is -2.12. The van der Waals surface area contributed by atoms with Gasteiger partial charge in [-0.3, -0.25) is 9.59 Å². The predicted octanol–water partition coefficient (Wildman–Crippen LogP) is 0.412. The minimum Gasteiger partial charge on any atom is -0.383 e. The van der Waals surface area contributed by atoms with Crippen LogP contribution in [0.3, 0.4) is 0 Å². The highest BCUT2D eigenvalue weighted by molar-refractivity contribution is 5.94. The number of methoxy groups -OCH3 is 1. The molecule has 0 aliphatic carbocycles.